The van der Waals surface area contributed by atoms with Gasteiger partial charge in [-0.05, 0) is 30.3 Å². The first-order valence-corrected chi connectivity index (χ1v) is 6.37. The maximum absolute atomic E-state index is 6.20. The molecule has 0 N–H and O–H groups in total. The van der Waals surface area contributed by atoms with Crippen molar-refractivity contribution in [2.24, 2.45) is 0 Å². The molecule has 0 spiro atoms. The molecule has 0 saturated carbocycles. The summed E-state index contributed by atoms with van der Waals surface area (Å²) in [5.41, 5.74) is 2.39. The van der Waals surface area contributed by atoms with Crippen LogP contribution < -0.4 is 0 Å². The van der Waals surface area contributed by atoms with Gasteiger partial charge in [-0.25, -0.2) is 4.98 Å². The van der Waals surface area contributed by atoms with Crippen LogP contribution in [-0.4, -0.2) is 9.38 Å². The van der Waals surface area contributed by atoms with Crippen LogP contribution in [0.5, 0.6) is 0 Å². The van der Waals surface area contributed by atoms with Crippen LogP contribution >= 0.6 is 34.8 Å². The molecule has 0 saturated heterocycles. The molecule has 2 nitrogen and oxygen atoms in total. The van der Waals surface area contributed by atoms with Crippen LogP contribution in [0.4, 0.5) is 0 Å². The van der Waals surface area contributed by atoms with Gasteiger partial charge in [-0.1, -0.05) is 34.8 Å². The Morgan fingerprint density at radius 3 is 2.67 bits per heavy atom. The van der Waals surface area contributed by atoms with Crippen LogP contribution in [0.3, 0.4) is 0 Å². The molecule has 0 amide bonds. The molecule has 0 fully saturated rings. The summed E-state index contributed by atoms with van der Waals surface area (Å²) >= 11 is 18.3. The van der Waals surface area contributed by atoms with Crippen molar-refractivity contribution in [1.29, 1.82) is 0 Å². The second-order valence-corrected chi connectivity index (χ2v) is 5.07. The van der Waals surface area contributed by atoms with E-state index in [0.29, 0.717) is 20.7 Å². The van der Waals surface area contributed by atoms with E-state index < -0.39 is 0 Å². The lowest BCUT2D eigenvalue weighted by molar-refractivity contribution is 1.19. The number of pyridine rings is 1. The van der Waals surface area contributed by atoms with Crippen molar-refractivity contribution in [1.82, 2.24) is 9.38 Å². The van der Waals surface area contributed by atoms with Gasteiger partial charge in [0.05, 0.1) is 21.9 Å². The smallest absolute Gasteiger partial charge is 0.156 e. The Hall–Kier alpha value is -1.22. The lowest BCUT2D eigenvalue weighted by Crippen LogP contribution is -1.88. The molecule has 90 valence electrons. The zero-order valence-electron chi connectivity index (χ0n) is 9.07. The van der Waals surface area contributed by atoms with Gasteiger partial charge >= 0.3 is 0 Å². The van der Waals surface area contributed by atoms with Crippen molar-refractivity contribution in [3.8, 4) is 11.3 Å². The predicted molar refractivity (Wildman–Crippen MR) is 75.7 cm³/mol. The van der Waals surface area contributed by atoms with Gasteiger partial charge in [0.25, 0.3) is 0 Å². The molecule has 0 atom stereocenters. The first-order chi connectivity index (χ1) is 8.66. The number of benzene rings is 1. The summed E-state index contributed by atoms with van der Waals surface area (Å²) in [6.45, 7) is 0. The highest BCUT2D eigenvalue weighted by Gasteiger charge is 2.11. The summed E-state index contributed by atoms with van der Waals surface area (Å²) < 4.78 is 1.89. The molecule has 2 aromatic heterocycles. The molecule has 5 heteroatoms. The predicted octanol–water partition coefficient (Wildman–Crippen LogP) is 4.96. The third kappa shape index (κ3) is 1.87. The summed E-state index contributed by atoms with van der Waals surface area (Å²) in [5.74, 6) is 0. The number of hydrogen-bond donors (Lipinski definition) is 0. The summed E-state index contributed by atoms with van der Waals surface area (Å²) in [4.78, 5) is 4.29. The van der Waals surface area contributed by atoms with E-state index in [2.05, 4.69) is 4.98 Å². The second kappa shape index (κ2) is 4.47. The van der Waals surface area contributed by atoms with Gasteiger partial charge in [0.1, 0.15) is 0 Å². The number of imidazole rings is 1. The van der Waals surface area contributed by atoms with E-state index in [-0.39, 0.29) is 0 Å². The van der Waals surface area contributed by atoms with E-state index in [9.17, 15) is 0 Å². The van der Waals surface area contributed by atoms with E-state index in [1.807, 2.05) is 22.7 Å². The number of nitrogens with zero attached hydrogens (tertiary/aromatic N) is 2. The molecule has 3 aromatic rings. The Morgan fingerprint density at radius 1 is 1.00 bits per heavy atom. The molecule has 0 bridgehead atoms. The first-order valence-electron chi connectivity index (χ1n) is 5.24. The van der Waals surface area contributed by atoms with Crippen molar-refractivity contribution in [2.45, 2.75) is 0 Å². The Morgan fingerprint density at radius 2 is 1.83 bits per heavy atom. The van der Waals surface area contributed by atoms with Crippen LogP contribution in [-0.2, 0) is 0 Å². The first kappa shape index (κ1) is 11.8. The van der Waals surface area contributed by atoms with E-state index in [1.54, 1.807) is 24.4 Å². The normalized spacial score (nSPS) is 11.1. The average Bonchev–Trinajstić information content (AvgIpc) is 2.77. The van der Waals surface area contributed by atoms with Crippen molar-refractivity contribution in [3.05, 3.63) is 57.8 Å². The maximum Gasteiger partial charge on any atom is 0.156 e. The Kier molecular flexibility index (Phi) is 2.94. The van der Waals surface area contributed by atoms with E-state index in [4.69, 9.17) is 34.8 Å². The van der Waals surface area contributed by atoms with E-state index in [1.165, 1.54) is 0 Å². The van der Waals surface area contributed by atoms with Crippen LogP contribution in [0, 0.1) is 0 Å². The highest BCUT2D eigenvalue weighted by atomic mass is 35.5. The molecule has 0 aliphatic heterocycles. The monoisotopic (exact) mass is 296 g/mol. The third-order valence-electron chi connectivity index (χ3n) is 2.69. The zero-order chi connectivity index (χ0) is 12.7. The van der Waals surface area contributed by atoms with E-state index in [0.717, 1.165) is 11.3 Å². The van der Waals surface area contributed by atoms with Gasteiger partial charge in [-0.15, -0.1) is 0 Å². The molecule has 3 rings (SSSR count). The highest BCUT2D eigenvalue weighted by molar-refractivity contribution is 6.35. The molecule has 0 aliphatic rings. The standard InChI is InChI=1S/C13H7Cl3N2/c14-8-3-4-10(15)9(6-8)12-7-17-13-11(16)2-1-5-18(12)13/h1-7H. The molecule has 0 unspecified atom stereocenters. The molecule has 18 heavy (non-hydrogen) atoms. The summed E-state index contributed by atoms with van der Waals surface area (Å²) in [6, 6.07) is 8.99. The van der Waals surface area contributed by atoms with Gasteiger partial charge in [0.15, 0.2) is 5.65 Å². The molecule has 0 radical (unpaired) electrons. The minimum Gasteiger partial charge on any atom is -0.298 e. The molecule has 0 aliphatic carbocycles. The van der Waals surface area contributed by atoms with Crippen molar-refractivity contribution in [2.75, 3.05) is 0 Å². The minimum atomic E-state index is 0.599. The molecule has 1 aromatic carbocycles. The fourth-order valence-electron chi connectivity index (χ4n) is 1.87. The number of rotatable bonds is 1. The quantitative estimate of drug-likeness (QED) is 0.620. The molecular weight excluding hydrogens is 291 g/mol. The Balaban J connectivity index is 2.32. The minimum absolute atomic E-state index is 0.599. The van der Waals surface area contributed by atoms with Crippen LogP contribution in [0.2, 0.25) is 15.1 Å². The number of aromatic nitrogens is 2. The van der Waals surface area contributed by atoms with Gasteiger partial charge < -0.3 is 0 Å². The number of hydrogen-bond acceptors (Lipinski definition) is 1. The van der Waals surface area contributed by atoms with Gasteiger partial charge in [0, 0.05) is 16.8 Å². The number of halogens is 3. The zero-order valence-corrected chi connectivity index (χ0v) is 11.3. The lowest BCUT2D eigenvalue weighted by atomic mass is 10.1. The topological polar surface area (TPSA) is 17.3 Å². The summed E-state index contributed by atoms with van der Waals surface area (Å²) in [7, 11) is 0. The van der Waals surface area contributed by atoms with Crippen molar-refractivity contribution >= 4 is 40.4 Å². The van der Waals surface area contributed by atoms with Gasteiger partial charge in [-0.2, -0.15) is 0 Å². The fourth-order valence-corrected chi connectivity index (χ4v) is 2.47. The van der Waals surface area contributed by atoms with Crippen LogP contribution in [0.15, 0.2) is 42.7 Å². The van der Waals surface area contributed by atoms with Gasteiger partial charge in [-0.3, -0.25) is 4.40 Å². The summed E-state index contributed by atoms with van der Waals surface area (Å²) in [5, 5.41) is 1.86. The summed E-state index contributed by atoms with van der Waals surface area (Å²) in [6.07, 6.45) is 3.62. The van der Waals surface area contributed by atoms with Gasteiger partial charge in [0.2, 0.25) is 0 Å². The Bertz CT molecular complexity index is 734. The maximum atomic E-state index is 6.20. The second-order valence-electron chi connectivity index (χ2n) is 3.82. The number of fused-ring (bicyclic) bond motifs is 1. The molecular formula is C13H7Cl3N2. The highest BCUT2D eigenvalue weighted by Crippen LogP contribution is 2.32. The SMILES string of the molecule is Clc1ccc(Cl)c(-c2cnc3c(Cl)cccn23)c1. The largest absolute Gasteiger partial charge is 0.298 e. The Labute approximate surface area is 119 Å². The third-order valence-corrected chi connectivity index (χ3v) is 3.55. The van der Waals surface area contributed by atoms with Crippen LogP contribution in [0.1, 0.15) is 0 Å². The molecule has 2 heterocycles. The van der Waals surface area contributed by atoms with Crippen molar-refractivity contribution < 1.29 is 0 Å². The van der Waals surface area contributed by atoms with Crippen molar-refractivity contribution in [3.63, 3.8) is 0 Å². The fraction of sp³-hybridized carbons (Fsp3) is 0. The van der Waals surface area contributed by atoms with Crippen LogP contribution in [0.25, 0.3) is 16.9 Å². The average molecular weight is 298 g/mol. The lowest BCUT2D eigenvalue weighted by Gasteiger charge is -2.05. The van der Waals surface area contributed by atoms with E-state index >= 15 is 0 Å².